The van der Waals surface area contributed by atoms with Crippen molar-refractivity contribution in [3.05, 3.63) is 35.6 Å². The first-order valence-corrected chi connectivity index (χ1v) is 9.05. The molecular formula is C18H26N6O2. The van der Waals surface area contributed by atoms with Crippen LogP contribution in [-0.2, 0) is 17.8 Å². The number of nitrogens with zero attached hydrogens (tertiary/aromatic N) is 5. The third-order valence-electron chi connectivity index (χ3n) is 4.51. The number of amides is 1. The molecule has 0 saturated carbocycles. The molecule has 0 unspecified atom stereocenters. The van der Waals surface area contributed by atoms with Crippen LogP contribution in [0.3, 0.4) is 0 Å². The smallest absolute Gasteiger partial charge is 0.226 e. The Labute approximate surface area is 153 Å². The van der Waals surface area contributed by atoms with Crippen LogP contribution in [0.15, 0.2) is 22.9 Å². The quantitative estimate of drug-likeness (QED) is 0.795. The minimum absolute atomic E-state index is 0.0226. The Kier molecular flexibility index (Phi) is 6.17. The molecule has 0 bridgehead atoms. The number of likely N-dealkylation sites (N-methyl/N-ethyl adjacent to an activating group) is 1. The van der Waals surface area contributed by atoms with Crippen molar-refractivity contribution in [3.63, 3.8) is 0 Å². The first-order valence-electron chi connectivity index (χ1n) is 9.05. The number of hydrogen-bond acceptors (Lipinski definition) is 7. The number of pyridine rings is 1. The van der Waals surface area contributed by atoms with Crippen molar-refractivity contribution in [1.29, 1.82) is 0 Å². The van der Waals surface area contributed by atoms with Gasteiger partial charge in [0.1, 0.15) is 5.82 Å². The lowest BCUT2D eigenvalue weighted by Crippen LogP contribution is -2.45. The third kappa shape index (κ3) is 5.01. The molecular weight excluding hydrogens is 332 g/mol. The summed E-state index contributed by atoms with van der Waals surface area (Å²) in [6.45, 7) is 6.24. The number of hydrogen-bond donors (Lipinski definition) is 1. The Morgan fingerprint density at radius 1 is 1.31 bits per heavy atom. The Hall–Kier alpha value is -2.48. The van der Waals surface area contributed by atoms with Crippen LogP contribution < -0.4 is 10.2 Å². The van der Waals surface area contributed by atoms with E-state index in [0.29, 0.717) is 37.5 Å². The molecule has 2 aromatic rings. The predicted octanol–water partition coefficient (Wildman–Crippen LogP) is 1.16. The molecule has 3 rings (SSSR count). The maximum Gasteiger partial charge on any atom is 0.226 e. The van der Waals surface area contributed by atoms with Crippen molar-refractivity contribution >= 4 is 11.7 Å². The fourth-order valence-electron chi connectivity index (χ4n) is 3.00. The topological polar surface area (TPSA) is 87.4 Å². The summed E-state index contributed by atoms with van der Waals surface area (Å²) in [4.78, 5) is 25.4. The van der Waals surface area contributed by atoms with E-state index in [1.54, 1.807) is 6.92 Å². The Bertz CT molecular complexity index is 724. The van der Waals surface area contributed by atoms with Crippen LogP contribution in [0, 0.1) is 6.92 Å². The highest BCUT2D eigenvalue weighted by atomic mass is 16.5. The Balaban J connectivity index is 1.47. The van der Waals surface area contributed by atoms with E-state index >= 15 is 0 Å². The first-order chi connectivity index (χ1) is 12.6. The van der Waals surface area contributed by atoms with Gasteiger partial charge in [-0.1, -0.05) is 11.2 Å². The average molecular weight is 358 g/mol. The number of anilines is 1. The van der Waals surface area contributed by atoms with Crippen LogP contribution in [0.4, 0.5) is 5.82 Å². The lowest BCUT2D eigenvalue weighted by molar-refractivity contribution is -0.121. The summed E-state index contributed by atoms with van der Waals surface area (Å²) in [6.07, 6.45) is 3.55. The maximum atomic E-state index is 12.1. The highest BCUT2D eigenvalue weighted by Crippen LogP contribution is 2.18. The summed E-state index contributed by atoms with van der Waals surface area (Å²) in [5, 5.41) is 6.74. The number of carbonyl (C=O) groups excluding carboxylic acids is 1. The molecule has 1 aliphatic heterocycles. The SMILES string of the molecule is Cc1noc(CCCC(=O)NCc2cccnc2N2CCN(C)CC2)n1. The van der Waals surface area contributed by atoms with Crippen molar-refractivity contribution in [3.8, 4) is 0 Å². The fourth-order valence-corrected chi connectivity index (χ4v) is 3.00. The number of aromatic nitrogens is 3. The van der Waals surface area contributed by atoms with Crippen LogP contribution in [-0.4, -0.2) is 59.2 Å². The van der Waals surface area contributed by atoms with Gasteiger partial charge in [0.2, 0.25) is 11.8 Å². The molecule has 0 aromatic carbocycles. The van der Waals surface area contributed by atoms with Crippen LogP contribution >= 0.6 is 0 Å². The molecule has 1 N–H and O–H groups in total. The summed E-state index contributed by atoms with van der Waals surface area (Å²) in [7, 11) is 2.13. The maximum absolute atomic E-state index is 12.1. The van der Waals surface area contributed by atoms with Gasteiger partial charge in [-0.15, -0.1) is 0 Å². The highest BCUT2D eigenvalue weighted by molar-refractivity contribution is 5.76. The van der Waals surface area contributed by atoms with Gasteiger partial charge in [0.15, 0.2) is 5.82 Å². The van der Waals surface area contributed by atoms with E-state index in [9.17, 15) is 4.79 Å². The monoisotopic (exact) mass is 358 g/mol. The molecule has 0 aliphatic carbocycles. The van der Waals surface area contributed by atoms with E-state index in [-0.39, 0.29) is 5.91 Å². The Morgan fingerprint density at radius 3 is 2.85 bits per heavy atom. The minimum Gasteiger partial charge on any atom is -0.354 e. The van der Waals surface area contributed by atoms with E-state index in [0.717, 1.165) is 37.6 Å². The van der Waals surface area contributed by atoms with Crippen molar-refractivity contribution in [2.75, 3.05) is 38.1 Å². The van der Waals surface area contributed by atoms with Gasteiger partial charge in [0.05, 0.1) is 0 Å². The van der Waals surface area contributed by atoms with Gasteiger partial charge < -0.3 is 19.6 Å². The normalized spacial score (nSPS) is 15.2. The van der Waals surface area contributed by atoms with Crippen molar-refractivity contribution in [1.82, 2.24) is 25.3 Å². The van der Waals surface area contributed by atoms with E-state index < -0.39 is 0 Å². The number of aryl methyl sites for hydroxylation is 2. The van der Waals surface area contributed by atoms with Gasteiger partial charge in [0, 0.05) is 57.3 Å². The molecule has 0 spiro atoms. The highest BCUT2D eigenvalue weighted by Gasteiger charge is 2.18. The zero-order valence-corrected chi connectivity index (χ0v) is 15.4. The van der Waals surface area contributed by atoms with Gasteiger partial charge in [-0.05, 0) is 26.5 Å². The zero-order valence-electron chi connectivity index (χ0n) is 15.4. The molecule has 140 valence electrons. The van der Waals surface area contributed by atoms with E-state index in [2.05, 4.69) is 37.3 Å². The van der Waals surface area contributed by atoms with Crippen molar-refractivity contribution in [2.24, 2.45) is 0 Å². The molecule has 8 heteroatoms. The summed E-state index contributed by atoms with van der Waals surface area (Å²) in [5.74, 6) is 2.20. The third-order valence-corrected chi connectivity index (χ3v) is 4.51. The number of carbonyl (C=O) groups is 1. The lowest BCUT2D eigenvalue weighted by atomic mass is 10.2. The first kappa shape index (κ1) is 18.3. The van der Waals surface area contributed by atoms with E-state index in [4.69, 9.17) is 4.52 Å². The van der Waals surface area contributed by atoms with Crippen molar-refractivity contribution < 1.29 is 9.32 Å². The predicted molar refractivity (Wildman–Crippen MR) is 97.8 cm³/mol. The molecule has 26 heavy (non-hydrogen) atoms. The number of nitrogens with one attached hydrogen (secondary N) is 1. The molecule has 0 atom stereocenters. The van der Waals surface area contributed by atoms with Gasteiger partial charge in [-0.25, -0.2) is 4.98 Å². The zero-order chi connectivity index (χ0) is 18.4. The van der Waals surface area contributed by atoms with Crippen molar-refractivity contribution in [2.45, 2.75) is 32.7 Å². The van der Waals surface area contributed by atoms with Crippen LogP contribution in [0.2, 0.25) is 0 Å². The molecule has 1 saturated heterocycles. The fraction of sp³-hybridized carbons (Fsp3) is 0.556. The molecule has 8 nitrogen and oxygen atoms in total. The van der Waals surface area contributed by atoms with Gasteiger partial charge in [-0.2, -0.15) is 4.98 Å². The molecule has 1 amide bonds. The van der Waals surface area contributed by atoms with Crippen LogP contribution in [0.1, 0.15) is 30.1 Å². The standard InChI is InChI=1S/C18H26N6O2/c1-14-21-17(26-22-14)7-3-6-16(25)20-13-15-5-4-8-19-18(15)24-11-9-23(2)10-12-24/h4-5,8H,3,6-7,9-13H2,1-2H3,(H,20,25). The largest absolute Gasteiger partial charge is 0.354 e. The summed E-state index contributed by atoms with van der Waals surface area (Å²) in [6, 6.07) is 3.95. The van der Waals surface area contributed by atoms with Gasteiger partial charge in [0.25, 0.3) is 0 Å². The molecule has 3 heterocycles. The number of piperazine rings is 1. The second kappa shape index (κ2) is 8.75. The summed E-state index contributed by atoms with van der Waals surface area (Å²) >= 11 is 0. The molecule has 1 aliphatic rings. The molecule has 0 radical (unpaired) electrons. The second-order valence-electron chi connectivity index (χ2n) is 6.64. The van der Waals surface area contributed by atoms with Crippen LogP contribution in [0.5, 0.6) is 0 Å². The van der Waals surface area contributed by atoms with Gasteiger partial charge >= 0.3 is 0 Å². The molecule has 2 aromatic heterocycles. The Morgan fingerprint density at radius 2 is 2.12 bits per heavy atom. The van der Waals surface area contributed by atoms with E-state index in [1.807, 2.05) is 18.3 Å². The van der Waals surface area contributed by atoms with Gasteiger partial charge in [-0.3, -0.25) is 4.79 Å². The van der Waals surface area contributed by atoms with E-state index in [1.165, 1.54) is 0 Å². The lowest BCUT2D eigenvalue weighted by Gasteiger charge is -2.34. The number of rotatable bonds is 7. The summed E-state index contributed by atoms with van der Waals surface area (Å²) < 4.78 is 5.06. The molecule has 1 fully saturated rings. The van der Waals surface area contributed by atoms with Crippen LogP contribution in [0.25, 0.3) is 0 Å². The second-order valence-corrected chi connectivity index (χ2v) is 6.64. The summed E-state index contributed by atoms with van der Waals surface area (Å²) in [5.41, 5.74) is 1.05. The average Bonchev–Trinajstić information content (AvgIpc) is 3.06. The minimum atomic E-state index is 0.0226.